The molecular formula is C54H34N2O. The Balaban J connectivity index is 0.907. The van der Waals surface area contributed by atoms with Gasteiger partial charge in [0.05, 0.1) is 22.1 Å². The first kappa shape index (κ1) is 31.7. The molecule has 3 heteroatoms. The van der Waals surface area contributed by atoms with E-state index < -0.39 is 0 Å². The lowest BCUT2D eigenvalue weighted by molar-refractivity contribution is 0.670. The fraction of sp³-hybridized carbons (Fsp3) is 0. The van der Waals surface area contributed by atoms with Gasteiger partial charge in [-0.25, -0.2) is 0 Å². The summed E-state index contributed by atoms with van der Waals surface area (Å²) in [7, 11) is 0. The summed E-state index contributed by atoms with van der Waals surface area (Å²) in [4.78, 5) is 0. The van der Waals surface area contributed by atoms with Gasteiger partial charge in [0.1, 0.15) is 11.2 Å². The molecule has 0 saturated heterocycles. The zero-order valence-electron chi connectivity index (χ0n) is 30.9. The van der Waals surface area contributed by atoms with E-state index in [0.29, 0.717) is 0 Å². The Labute approximate surface area is 328 Å². The normalized spacial score (nSPS) is 11.9. The molecular weight excluding hydrogens is 693 g/mol. The van der Waals surface area contributed by atoms with Crippen molar-refractivity contribution in [2.24, 2.45) is 0 Å². The van der Waals surface area contributed by atoms with Gasteiger partial charge in [-0.3, -0.25) is 0 Å². The van der Waals surface area contributed by atoms with Crippen LogP contribution in [0.4, 0.5) is 0 Å². The number of hydrogen-bond donors (Lipinski definition) is 0. The largest absolute Gasteiger partial charge is 0.455 e. The molecule has 0 saturated carbocycles. The first-order valence-corrected chi connectivity index (χ1v) is 19.5. The summed E-state index contributed by atoms with van der Waals surface area (Å²) in [6.45, 7) is 0. The van der Waals surface area contributed by atoms with E-state index in [0.717, 1.165) is 38.8 Å². The van der Waals surface area contributed by atoms with Gasteiger partial charge in [0.15, 0.2) is 0 Å². The molecule has 0 fully saturated rings. The van der Waals surface area contributed by atoms with Crippen LogP contribution in [0.1, 0.15) is 0 Å². The lowest BCUT2D eigenvalue weighted by Crippen LogP contribution is -1.93. The van der Waals surface area contributed by atoms with Gasteiger partial charge in [0, 0.05) is 49.3 Å². The Morgan fingerprint density at radius 3 is 1.54 bits per heavy atom. The Morgan fingerprint density at radius 1 is 0.281 bits per heavy atom. The summed E-state index contributed by atoms with van der Waals surface area (Å²) in [5.74, 6) is 0. The molecule has 0 unspecified atom stereocenters. The van der Waals surface area contributed by atoms with Gasteiger partial charge in [-0.2, -0.15) is 0 Å². The highest BCUT2D eigenvalue weighted by molar-refractivity contribution is 6.12. The average Bonchev–Trinajstić information content (AvgIpc) is 3.94. The van der Waals surface area contributed by atoms with Crippen molar-refractivity contribution < 1.29 is 4.42 Å². The summed E-state index contributed by atoms with van der Waals surface area (Å²) in [5, 5.41) is 7.30. The van der Waals surface area contributed by atoms with Crippen LogP contribution >= 0.6 is 0 Å². The Kier molecular flexibility index (Phi) is 6.93. The molecule has 0 radical (unpaired) electrons. The Morgan fingerprint density at radius 2 is 0.789 bits per heavy atom. The van der Waals surface area contributed by atoms with Crippen LogP contribution in [-0.4, -0.2) is 9.13 Å². The molecule has 12 aromatic rings. The van der Waals surface area contributed by atoms with E-state index in [2.05, 4.69) is 203 Å². The van der Waals surface area contributed by atoms with E-state index in [1.54, 1.807) is 0 Å². The molecule has 0 spiro atoms. The number of hydrogen-bond acceptors (Lipinski definition) is 1. The van der Waals surface area contributed by atoms with Crippen LogP contribution in [0.15, 0.2) is 211 Å². The smallest absolute Gasteiger partial charge is 0.143 e. The maximum atomic E-state index is 6.37. The predicted molar refractivity (Wildman–Crippen MR) is 239 cm³/mol. The number of fused-ring (bicyclic) bond motifs is 9. The molecule has 3 aromatic heterocycles. The van der Waals surface area contributed by atoms with Crippen LogP contribution in [0.3, 0.4) is 0 Å². The predicted octanol–water partition coefficient (Wildman–Crippen LogP) is 14.8. The van der Waals surface area contributed by atoms with Crippen molar-refractivity contribution >= 4 is 65.6 Å². The molecule has 9 aromatic carbocycles. The molecule has 57 heavy (non-hydrogen) atoms. The first-order valence-electron chi connectivity index (χ1n) is 19.5. The summed E-state index contributed by atoms with van der Waals surface area (Å²) >= 11 is 0. The standard InChI is InChI=1S/C54H34N2O/c1-2-11-40(12-3-1)56-49-18-7-4-13-43(49)45-31-27-39(34-52(45)56)36-23-21-35(22-24-36)38-28-32-51-48(33-38)44-14-5-8-19-50(44)55(51)41-29-25-37(26-30-41)42-16-10-17-47-46-15-6-9-20-53(46)57-54(42)47/h1-34H. The second-order valence-electron chi connectivity index (χ2n) is 14.9. The number of nitrogens with zero attached hydrogens (tertiary/aromatic N) is 2. The van der Waals surface area contributed by atoms with Gasteiger partial charge >= 0.3 is 0 Å². The number of aromatic nitrogens is 2. The molecule has 0 atom stereocenters. The van der Waals surface area contributed by atoms with Gasteiger partial charge in [0.25, 0.3) is 0 Å². The molecule has 12 rings (SSSR count). The first-order chi connectivity index (χ1) is 28.3. The van der Waals surface area contributed by atoms with Crippen molar-refractivity contribution in [2.75, 3.05) is 0 Å². The van der Waals surface area contributed by atoms with Crippen LogP contribution in [-0.2, 0) is 0 Å². The minimum atomic E-state index is 0.915. The van der Waals surface area contributed by atoms with Crippen LogP contribution in [0.2, 0.25) is 0 Å². The van der Waals surface area contributed by atoms with E-state index >= 15 is 0 Å². The highest BCUT2D eigenvalue weighted by Gasteiger charge is 2.17. The molecule has 0 aliphatic heterocycles. The van der Waals surface area contributed by atoms with Gasteiger partial charge in [-0.05, 0) is 88.5 Å². The van der Waals surface area contributed by atoms with Crippen molar-refractivity contribution in [1.29, 1.82) is 0 Å². The third-order valence-corrected chi connectivity index (χ3v) is 11.8. The van der Waals surface area contributed by atoms with Crippen LogP contribution < -0.4 is 0 Å². The van der Waals surface area contributed by atoms with Crippen LogP contribution in [0, 0.1) is 0 Å². The summed E-state index contributed by atoms with van der Waals surface area (Å²) < 4.78 is 11.1. The van der Waals surface area contributed by atoms with Gasteiger partial charge in [-0.15, -0.1) is 0 Å². The zero-order valence-corrected chi connectivity index (χ0v) is 30.9. The highest BCUT2D eigenvalue weighted by Crippen LogP contribution is 2.39. The van der Waals surface area contributed by atoms with Crippen molar-refractivity contribution in [3.05, 3.63) is 206 Å². The lowest BCUT2D eigenvalue weighted by Gasteiger charge is -2.11. The Bertz CT molecular complexity index is 3490. The topological polar surface area (TPSA) is 23.0 Å². The minimum absolute atomic E-state index is 0.915. The van der Waals surface area contributed by atoms with E-state index in [1.165, 1.54) is 71.6 Å². The van der Waals surface area contributed by atoms with Gasteiger partial charge in [0.2, 0.25) is 0 Å². The number of para-hydroxylation sites is 5. The van der Waals surface area contributed by atoms with Crippen molar-refractivity contribution in [3.63, 3.8) is 0 Å². The second kappa shape index (κ2) is 12.5. The van der Waals surface area contributed by atoms with Crippen LogP contribution in [0.25, 0.3) is 110 Å². The van der Waals surface area contributed by atoms with E-state index in [9.17, 15) is 0 Å². The molecule has 3 nitrogen and oxygen atoms in total. The SMILES string of the molecule is c1ccc(-n2c3ccccc3c3ccc(-c4ccc(-c5ccc6c(c5)c5ccccc5n6-c5ccc(-c6cccc7c6oc6ccccc67)cc5)cc4)cc32)cc1. The fourth-order valence-corrected chi connectivity index (χ4v) is 9.06. The highest BCUT2D eigenvalue weighted by atomic mass is 16.3. The molecule has 0 bridgehead atoms. The van der Waals surface area contributed by atoms with Crippen molar-refractivity contribution in [3.8, 4) is 44.8 Å². The molecule has 0 N–H and O–H groups in total. The molecule has 0 aliphatic carbocycles. The maximum absolute atomic E-state index is 6.37. The lowest BCUT2D eigenvalue weighted by atomic mass is 9.98. The monoisotopic (exact) mass is 726 g/mol. The number of benzene rings is 9. The molecule has 266 valence electrons. The van der Waals surface area contributed by atoms with Crippen molar-refractivity contribution in [1.82, 2.24) is 9.13 Å². The zero-order chi connectivity index (χ0) is 37.5. The maximum Gasteiger partial charge on any atom is 0.143 e. The minimum Gasteiger partial charge on any atom is -0.455 e. The summed E-state index contributed by atoms with van der Waals surface area (Å²) in [6, 6.07) is 74.4. The van der Waals surface area contributed by atoms with Crippen LogP contribution in [0.5, 0.6) is 0 Å². The van der Waals surface area contributed by atoms with Crippen molar-refractivity contribution in [2.45, 2.75) is 0 Å². The Hall–Kier alpha value is -7.62. The number of rotatable bonds is 5. The molecule has 3 heterocycles. The van der Waals surface area contributed by atoms with E-state index in [1.807, 2.05) is 12.1 Å². The average molecular weight is 727 g/mol. The summed E-state index contributed by atoms with van der Waals surface area (Å²) in [6.07, 6.45) is 0. The fourth-order valence-electron chi connectivity index (χ4n) is 9.06. The molecule has 0 amide bonds. The van der Waals surface area contributed by atoms with Gasteiger partial charge in [-0.1, -0.05) is 146 Å². The third kappa shape index (κ3) is 4.92. The summed E-state index contributed by atoms with van der Waals surface area (Å²) in [5.41, 5.74) is 16.0. The molecule has 0 aliphatic rings. The van der Waals surface area contributed by atoms with E-state index in [-0.39, 0.29) is 0 Å². The second-order valence-corrected chi connectivity index (χ2v) is 14.9. The quantitative estimate of drug-likeness (QED) is 0.173. The van der Waals surface area contributed by atoms with E-state index in [4.69, 9.17) is 4.42 Å². The number of furan rings is 1. The third-order valence-electron chi connectivity index (χ3n) is 11.8. The van der Waals surface area contributed by atoms with Gasteiger partial charge < -0.3 is 13.6 Å².